The Hall–Kier alpha value is -2.31. The number of nitrogens with two attached hydrogens (primary N) is 1. The van der Waals surface area contributed by atoms with Crippen molar-refractivity contribution < 1.29 is 0 Å². The SMILES string of the molecule is CC(NCc1nccc(N)n1)c1nc(-c2ccccc2)cs1. The lowest BCUT2D eigenvalue weighted by molar-refractivity contribution is 0.557. The predicted octanol–water partition coefficient (Wildman–Crippen LogP) is 3.03. The van der Waals surface area contributed by atoms with Crippen molar-refractivity contribution in [2.75, 3.05) is 5.73 Å². The van der Waals surface area contributed by atoms with Crippen LogP contribution in [0.5, 0.6) is 0 Å². The molecule has 0 bridgehead atoms. The second kappa shape index (κ2) is 6.64. The molecule has 1 atom stereocenters. The molecule has 3 N–H and O–H groups in total. The number of hydrogen-bond acceptors (Lipinski definition) is 6. The van der Waals surface area contributed by atoms with Crippen LogP contribution < -0.4 is 11.1 Å². The van der Waals surface area contributed by atoms with Crippen LogP contribution in [0.3, 0.4) is 0 Å². The lowest BCUT2D eigenvalue weighted by Crippen LogP contribution is -2.19. The van der Waals surface area contributed by atoms with E-state index in [1.54, 1.807) is 23.6 Å². The van der Waals surface area contributed by atoms with Gasteiger partial charge in [-0.1, -0.05) is 30.3 Å². The topological polar surface area (TPSA) is 76.7 Å². The number of nitrogens with zero attached hydrogens (tertiary/aromatic N) is 3. The number of rotatable bonds is 5. The monoisotopic (exact) mass is 311 g/mol. The van der Waals surface area contributed by atoms with E-state index in [0.29, 0.717) is 18.2 Å². The van der Waals surface area contributed by atoms with Gasteiger partial charge in [-0.3, -0.25) is 0 Å². The van der Waals surface area contributed by atoms with Crippen LogP contribution in [-0.4, -0.2) is 15.0 Å². The van der Waals surface area contributed by atoms with Crippen LogP contribution in [0.25, 0.3) is 11.3 Å². The summed E-state index contributed by atoms with van der Waals surface area (Å²) in [5, 5.41) is 6.50. The quantitative estimate of drug-likeness (QED) is 0.757. The van der Waals surface area contributed by atoms with E-state index in [1.165, 1.54) is 0 Å². The number of nitrogens with one attached hydrogen (secondary N) is 1. The van der Waals surface area contributed by atoms with Gasteiger partial charge in [0, 0.05) is 17.1 Å². The minimum atomic E-state index is 0.132. The molecule has 3 rings (SSSR count). The van der Waals surface area contributed by atoms with Crippen molar-refractivity contribution in [1.29, 1.82) is 0 Å². The Morgan fingerprint density at radius 1 is 1.18 bits per heavy atom. The zero-order chi connectivity index (χ0) is 15.4. The Morgan fingerprint density at radius 3 is 2.77 bits per heavy atom. The van der Waals surface area contributed by atoms with Crippen molar-refractivity contribution in [2.24, 2.45) is 0 Å². The first-order valence-corrected chi connectivity index (χ1v) is 7.92. The van der Waals surface area contributed by atoms with Crippen LogP contribution in [-0.2, 0) is 6.54 Å². The molecule has 1 aromatic carbocycles. The highest BCUT2D eigenvalue weighted by Gasteiger charge is 2.11. The molecular formula is C16H17N5S. The maximum atomic E-state index is 5.65. The van der Waals surface area contributed by atoms with Crippen molar-refractivity contribution in [2.45, 2.75) is 19.5 Å². The fraction of sp³-hybridized carbons (Fsp3) is 0.188. The fourth-order valence-electron chi connectivity index (χ4n) is 2.06. The maximum absolute atomic E-state index is 5.65. The van der Waals surface area contributed by atoms with Crippen LogP contribution in [0.2, 0.25) is 0 Å². The largest absolute Gasteiger partial charge is 0.384 e. The van der Waals surface area contributed by atoms with Crippen LogP contribution in [0.4, 0.5) is 5.82 Å². The van der Waals surface area contributed by atoms with Crippen molar-refractivity contribution >= 4 is 17.2 Å². The van der Waals surface area contributed by atoms with Gasteiger partial charge in [-0.15, -0.1) is 11.3 Å². The Morgan fingerprint density at radius 2 is 2.00 bits per heavy atom. The fourth-order valence-corrected chi connectivity index (χ4v) is 2.92. The first kappa shape index (κ1) is 14.6. The van der Waals surface area contributed by atoms with Crippen molar-refractivity contribution in [3.8, 4) is 11.3 Å². The zero-order valence-corrected chi connectivity index (χ0v) is 13.0. The molecule has 2 heterocycles. The lowest BCUT2D eigenvalue weighted by Gasteiger charge is -2.10. The van der Waals surface area contributed by atoms with Crippen molar-refractivity contribution in [1.82, 2.24) is 20.3 Å². The van der Waals surface area contributed by atoms with E-state index >= 15 is 0 Å². The predicted molar refractivity (Wildman–Crippen MR) is 89.2 cm³/mol. The molecule has 0 aliphatic rings. The molecule has 22 heavy (non-hydrogen) atoms. The van der Waals surface area contributed by atoms with Crippen molar-refractivity contribution in [3.05, 3.63) is 58.8 Å². The molecule has 0 saturated carbocycles. The van der Waals surface area contributed by atoms with Gasteiger partial charge in [-0.25, -0.2) is 15.0 Å². The Bertz CT molecular complexity index is 741. The van der Waals surface area contributed by atoms with Gasteiger partial charge in [-0.05, 0) is 13.0 Å². The summed E-state index contributed by atoms with van der Waals surface area (Å²) >= 11 is 1.65. The minimum Gasteiger partial charge on any atom is -0.384 e. The van der Waals surface area contributed by atoms with Gasteiger partial charge in [0.05, 0.1) is 18.3 Å². The van der Waals surface area contributed by atoms with E-state index < -0.39 is 0 Å². The first-order valence-electron chi connectivity index (χ1n) is 7.04. The first-order chi connectivity index (χ1) is 10.7. The van der Waals surface area contributed by atoms with Gasteiger partial charge < -0.3 is 11.1 Å². The summed E-state index contributed by atoms with van der Waals surface area (Å²) in [6, 6.07) is 12.0. The second-order valence-corrected chi connectivity index (χ2v) is 5.83. The van der Waals surface area contributed by atoms with Gasteiger partial charge >= 0.3 is 0 Å². The Balaban J connectivity index is 1.66. The number of nitrogen functional groups attached to an aromatic ring is 1. The molecule has 0 saturated heterocycles. The highest BCUT2D eigenvalue weighted by molar-refractivity contribution is 7.10. The van der Waals surface area contributed by atoms with E-state index in [2.05, 4.69) is 39.7 Å². The molecule has 0 aliphatic carbocycles. The summed E-state index contributed by atoms with van der Waals surface area (Å²) in [5.41, 5.74) is 7.80. The average molecular weight is 311 g/mol. The summed E-state index contributed by atoms with van der Waals surface area (Å²) in [4.78, 5) is 13.1. The smallest absolute Gasteiger partial charge is 0.144 e. The highest BCUT2D eigenvalue weighted by atomic mass is 32.1. The molecule has 1 unspecified atom stereocenters. The number of benzene rings is 1. The number of hydrogen-bond donors (Lipinski definition) is 2. The van der Waals surface area contributed by atoms with Gasteiger partial charge in [0.15, 0.2) is 0 Å². The number of aromatic nitrogens is 3. The molecule has 2 aromatic heterocycles. The molecule has 3 aromatic rings. The molecule has 0 fully saturated rings. The molecule has 0 amide bonds. The third-order valence-corrected chi connectivity index (χ3v) is 4.28. The summed E-state index contributed by atoms with van der Waals surface area (Å²) in [6.07, 6.45) is 1.67. The molecule has 0 radical (unpaired) electrons. The van der Waals surface area contributed by atoms with Crippen LogP contribution in [0.15, 0.2) is 48.0 Å². The summed E-state index contributed by atoms with van der Waals surface area (Å²) < 4.78 is 0. The standard InChI is InChI=1S/C16H17N5S/c1-11(19-9-15-18-8-7-14(17)21-15)16-20-13(10-22-16)12-5-3-2-4-6-12/h2-8,10-11,19H,9H2,1H3,(H2,17,18,21). The summed E-state index contributed by atoms with van der Waals surface area (Å²) in [6.45, 7) is 2.65. The van der Waals surface area contributed by atoms with Crippen LogP contribution >= 0.6 is 11.3 Å². The molecule has 6 heteroatoms. The maximum Gasteiger partial charge on any atom is 0.144 e. The van der Waals surface area contributed by atoms with Gasteiger partial charge in [0.2, 0.25) is 0 Å². The molecule has 5 nitrogen and oxygen atoms in total. The number of anilines is 1. The zero-order valence-electron chi connectivity index (χ0n) is 12.2. The number of thiazole rings is 1. The van der Waals surface area contributed by atoms with E-state index in [4.69, 9.17) is 10.7 Å². The average Bonchev–Trinajstić information content (AvgIpc) is 3.04. The van der Waals surface area contributed by atoms with E-state index in [1.807, 2.05) is 18.2 Å². The summed E-state index contributed by atoms with van der Waals surface area (Å²) in [7, 11) is 0. The summed E-state index contributed by atoms with van der Waals surface area (Å²) in [5.74, 6) is 1.17. The second-order valence-electron chi connectivity index (χ2n) is 4.94. The lowest BCUT2D eigenvalue weighted by atomic mass is 10.2. The van der Waals surface area contributed by atoms with Gasteiger partial charge in [0.1, 0.15) is 16.6 Å². The normalized spacial score (nSPS) is 12.2. The third kappa shape index (κ3) is 3.47. The molecule has 0 spiro atoms. The minimum absolute atomic E-state index is 0.132. The third-order valence-electron chi connectivity index (χ3n) is 3.26. The molecular weight excluding hydrogens is 294 g/mol. The molecule has 0 aliphatic heterocycles. The highest BCUT2D eigenvalue weighted by Crippen LogP contribution is 2.25. The van der Waals surface area contributed by atoms with E-state index in [0.717, 1.165) is 16.3 Å². The van der Waals surface area contributed by atoms with E-state index in [-0.39, 0.29) is 6.04 Å². The Labute approximate surface area is 133 Å². The van der Waals surface area contributed by atoms with Gasteiger partial charge in [-0.2, -0.15) is 0 Å². The van der Waals surface area contributed by atoms with Crippen LogP contribution in [0, 0.1) is 0 Å². The van der Waals surface area contributed by atoms with Crippen molar-refractivity contribution in [3.63, 3.8) is 0 Å². The van der Waals surface area contributed by atoms with E-state index in [9.17, 15) is 0 Å². The van der Waals surface area contributed by atoms with Crippen LogP contribution in [0.1, 0.15) is 23.8 Å². The molecule has 112 valence electrons. The van der Waals surface area contributed by atoms with Gasteiger partial charge in [0.25, 0.3) is 0 Å². The Kier molecular flexibility index (Phi) is 4.41.